The summed E-state index contributed by atoms with van der Waals surface area (Å²) >= 11 is 0. The van der Waals surface area contributed by atoms with Gasteiger partial charge < -0.3 is 4.90 Å². The summed E-state index contributed by atoms with van der Waals surface area (Å²) in [5, 5.41) is 0. The molecule has 2 nitrogen and oxygen atoms in total. The van der Waals surface area contributed by atoms with Crippen LogP contribution in [0.15, 0.2) is 71.5 Å². The van der Waals surface area contributed by atoms with E-state index in [2.05, 4.69) is 48.3 Å². The Balaban J connectivity index is 2.23. The number of hydrogen-bond donors (Lipinski definition) is 0. The van der Waals surface area contributed by atoms with Gasteiger partial charge in [0.05, 0.1) is 11.4 Å². The molecule has 0 fully saturated rings. The van der Waals surface area contributed by atoms with E-state index in [-0.39, 0.29) is 0 Å². The number of aliphatic imine (C=N–C) groups is 1. The third-order valence-electron chi connectivity index (χ3n) is 3.40. The lowest BCUT2D eigenvalue weighted by Gasteiger charge is -2.28. The van der Waals surface area contributed by atoms with Crippen LogP contribution in [-0.2, 0) is 0 Å². The van der Waals surface area contributed by atoms with Crippen LogP contribution in [0, 0.1) is 0 Å². The summed E-state index contributed by atoms with van der Waals surface area (Å²) in [6, 6.07) is 18.7. The molecule has 1 aliphatic heterocycles. The van der Waals surface area contributed by atoms with Crippen molar-refractivity contribution in [3.63, 3.8) is 0 Å². The summed E-state index contributed by atoms with van der Waals surface area (Å²) in [4.78, 5) is 6.92. The lowest BCUT2D eigenvalue weighted by molar-refractivity contribution is 1.03. The van der Waals surface area contributed by atoms with Crippen molar-refractivity contribution in [2.75, 3.05) is 11.9 Å². The first-order valence-electron chi connectivity index (χ1n) is 6.45. The molecule has 94 valence electrons. The summed E-state index contributed by atoms with van der Waals surface area (Å²) in [6.45, 7) is 2.02. The molecule has 0 saturated heterocycles. The average molecular weight is 248 g/mol. The number of fused-ring (bicyclic) bond motifs is 1. The van der Waals surface area contributed by atoms with Crippen molar-refractivity contribution in [3.8, 4) is 0 Å². The molecular formula is C17H16N2. The molecule has 2 aromatic rings. The first-order chi connectivity index (χ1) is 9.31. The van der Waals surface area contributed by atoms with Gasteiger partial charge in [-0.2, -0.15) is 0 Å². The Labute approximate surface area is 113 Å². The van der Waals surface area contributed by atoms with Crippen LogP contribution in [0.1, 0.15) is 18.1 Å². The van der Waals surface area contributed by atoms with Crippen LogP contribution in [0.5, 0.6) is 0 Å². The third kappa shape index (κ3) is 1.95. The highest BCUT2D eigenvalue weighted by atomic mass is 15.2. The fourth-order valence-electron chi connectivity index (χ4n) is 2.41. The summed E-state index contributed by atoms with van der Waals surface area (Å²) < 4.78 is 0. The molecule has 0 atom stereocenters. The molecule has 2 aromatic carbocycles. The number of nitrogens with zero attached hydrogens (tertiary/aromatic N) is 2. The summed E-state index contributed by atoms with van der Waals surface area (Å²) in [6.07, 6.45) is 2.04. The minimum absolute atomic E-state index is 0.984. The van der Waals surface area contributed by atoms with E-state index in [1.165, 1.54) is 11.3 Å². The molecule has 2 heteroatoms. The fraction of sp³-hybridized carbons (Fsp3) is 0.118. The highest BCUT2D eigenvalue weighted by molar-refractivity contribution is 6.17. The maximum absolute atomic E-state index is 4.80. The molecule has 0 bridgehead atoms. The number of hydrogen-bond acceptors (Lipinski definition) is 2. The Hall–Kier alpha value is -2.35. The van der Waals surface area contributed by atoms with E-state index >= 15 is 0 Å². The van der Waals surface area contributed by atoms with E-state index in [1.54, 1.807) is 0 Å². The normalized spacial score (nSPS) is 16.2. The van der Waals surface area contributed by atoms with Crippen LogP contribution < -0.4 is 4.90 Å². The van der Waals surface area contributed by atoms with Crippen molar-refractivity contribution < 1.29 is 0 Å². The predicted molar refractivity (Wildman–Crippen MR) is 80.7 cm³/mol. The Morgan fingerprint density at radius 1 is 0.947 bits per heavy atom. The van der Waals surface area contributed by atoms with Gasteiger partial charge in [0.1, 0.15) is 5.82 Å². The Morgan fingerprint density at radius 3 is 2.37 bits per heavy atom. The highest BCUT2D eigenvalue weighted by Gasteiger charge is 2.21. The smallest absolute Gasteiger partial charge is 0.129 e. The maximum Gasteiger partial charge on any atom is 0.129 e. The average Bonchev–Trinajstić information content (AvgIpc) is 2.49. The Morgan fingerprint density at radius 2 is 1.63 bits per heavy atom. The lowest BCUT2D eigenvalue weighted by atomic mass is 9.98. The van der Waals surface area contributed by atoms with Gasteiger partial charge in [-0.25, -0.2) is 4.99 Å². The number of allylic oxidation sites excluding steroid dienone is 1. The minimum Gasteiger partial charge on any atom is -0.329 e. The van der Waals surface area contributed by atoms with E-state index in [1.807, 2.05) is 31.2 Å². The monoisotopic (exact) mass is 248 g/mol. The minimum atomic E-state index is 0.984. The number of benzene rings is 2. The van der Waals surface area contributed by atoms with E-state index in [0.29, 0.717) is 0 Å². The van der Waals surface area contributed by atoms with Crippen LogP contribution in [0.2, 0.25) is 0 Å². The van der Waals surface area contributed by atoms with Crippen molar-refractivity contribution in [1.82, 2.24) is 0 Å². The zero-order valence-electron chi connectivity index (χ0n) is 11.2. The van der Waals surface area contributed by atoms with Crippen molar-refractivity contribution in [3.05, 3.63) is 77.6 Å². The van der Waals surface area contributed by atoms with Crippen molar-refractivity contribution in [2.45, 2.75) is 6.92 Å². The Bertz CT molecular complexity index is 654. The van der Waals surface area contributed by atoms with E-state index < -0.39 is 0 Å². The molecule has 0 aromatic heterocycles. The highest BCUT2D eigenvalue weighted by Crippen LogP contribution is 2.30. The van der Waals surface area contributed by atoms with Crippen LogP contribution in [0.4, 0.5) is 5.69 Å². The van der Waals surface area contributed by atoms with Crippen molar-refractivity contribution in [2.24, 2.45) is 4.99 Å². The second-order valence-corrected chi connectivity index (χ2v) is 4.55. The van der Waals surface area contributed by atoms with Gasteiger partial charge in [-0.05, 0) is 19.1 Å². The molecule has 0 spiro atoms. The van der Waals surface area contributed by atoms with Crippen molar-refractivity contribution in [1.29, 1.82) is 0 Å². The van der Waals surface area contributed by atoms with E-state index in [4.69, 9.17) is 4.99 Å². The molecule has 0 unspecified atom stereocenters. The first-order valence-corrected chi connectivity index (χ1v) is 6.45. The SMILES string of the molecule is C/C=C1/N=C(c2ccccc2)c2ccccc2N1C. The molecule has 19 heavy (non-hydrogen) atoms. The summed E-state index contributed by atoms with van der Waals surface area (Å²) in [5.41, 5.74) is 4.58. The molecule has 1 heterocycles. The predicted octanol–water partition coefficient (Wildman–Crippen LogP) is 3.84. The number of para-hydroxylation sites is 1. The molecule has 0 radical (unpaired) electrons. The van der Waals surface area contributed by atoms with Gasteiger partial charge >= 0.3 is 0 Å². The van der Waals surface area contributed by atoms with Crippen LogP contribution in [0.3, 0.4) is 0 Å². The number of rotatable bonds is 1. The van der Waals surface area contributed by atoms with E-state index in [0.717, 1.165) is 17.1 Å². The van der Waals surface area contributed by atoms with Gasteiger partial charge in [0.25, 0.3) is 0 Å². The van der Waals surface area contributed by atoms with Gasteiger partial charge in [-0.3, -0.25) is 0 Å². The summed E-state index contributed by atoms with van der Waals surface area (Å²) in [7, 11) is 2.06. The maximum atomic E-state index is 4.80. The van der Waals surface area contributed by atoms with Crippen molar-refractivity contribution >= 4 is 11.4 Å². The molecule has 0 amide bonds. The van der Waals surface area contributed by atoms with Crippen LogP contribution in [-0.4, -0.2) is 12.8 Å². The zero-order chi connectivity index (χ0) is 13.2. The second kappa shape index (κ2) is 4.73. The van der Waals surface area contributed by atoms with Crippen LogP contribution in [0.25, 0.3) is 0 Å². The molecular weight excluding hydrogens is 232 g/mol. The topological polar surface area (TPSA) is 15.6 Å². The van der Waals surface area contributed by atoms with Gasteiger partial charge in [0, 0.05) is 18.2 Å². The lowest BCUT2D eigenvalue weighted by Crippen LogP contribution is -2.24. The molecule has 0 N–H and O–H groups in total. The Kier molecular flexibility index (Phi) is 2.92. The first kappa shape index (κ1) is 11.7. The largest absolute Gasteiger partial charge is 0.329 e. The molecule has 1 aliphatic rings. The van der Waals surface area contributed by atoms with Gasteiger partial charge in [-0.15, -0.1) is 0 Å². The molecule has 3 rings (SSSR count). The second-order valence-electron chi connectivity index (χ2n) is 4.55. The third-order valence-corrected chi connectivity index (χ3v) is 3.40. The summed E-state index contributed by atoms with van der Waals surface area (Å²) in [5.74, 6) is 0.984. The molecule has 0 aliphatic carbocycles. The number of anilines is 1. The quantitative estimate of drug-likeness (QED) is 0.748. The van der Waals surface area contributed by atoms with Gasteiger partial charge in [0.2, 0.25) is 0 Å². The molecule has 0 saturated carbocycles. The van der Waals surface area contributed by atoms with Gasteiger partial charge in [-0.1, -0.05) is 48.5 Å². The fourth-order valence-corrected chi connectivity index (χ4v) is 2.41. The standard InChI is InChI=1S/C17H16N2/c1-3-16-18-17(13-9-5-4-6-10-13)14-11-7-8-12-15(14)19(16)2/h3-12H,1-2H3/b16-3-. The van der Waals surface area contributed by atoms with Gasteiger partial charge in [0.15, 0.2) is 0 Å². The van der Waals surface area contributed by atoms with E-state index in [9.17, 15) is 0 Å². The zero-order valence-corrected chi connectivity index (χ0v) is 11.2. The van der Waals surface area contributed by atoms with Crippen LogP contribution >= 0.6 is 0 Å².